The van der Waals surface area contributed by atoms with Crippen molar-refractivity contribution < 1.29 is 4.79 Å². The first-order chi connectivity index (χ1) is 8.54. The van der Waals surface area contributed by atoms with E-state index in [-0.39, 0.29) is 11.9 Å². The minimum Gasteiger partial charge on any atom is -0.355 e. The molecule has 0 bridgehead atoms. The number of carbonyl (C=O) groups excluding carboxylic acids is 1. The maximum absolute atomic E-state index is 11.8. The van der Waals surface area contributed by atoms with Crippen molar-refractivity contribution in [2.45, 2.75) is 39.8 Å². The largest absolute Gasteiger partial charge is 0.355 e. The normalized spacial score (nSPS) is 12.7. The van der Waals surface area contributed by atoms with Crippen molar-refractivity contribution in [2.24, 2.45) is 5.92 Å². The van der Waals surface area contributed by atoms with Crippen LogP contribution in [0.3, 0.4) is 0 Å². The molecule has 1 heterocycles. The summed E-state index contributed by atoms with van der Waals surface area (Å²) in [4.78, 5) is 11.8. The summed E-state index contributed by atoms with van der Waals surface area (Å²) < 4.78 is 1.99. The lowest BCUT2D eigenvalue weighted by Crippen LogP contribution is -2.30. The monoisotopic (exact) mass is 251 g/mol. The Hall–Kier alpha value is -1.29. The van der Waals surface area contributed by atoms with E-state index < -0.39 is 0 Å². The van der Waals surface area contributed by atoms with Crippen LogP contribution < -0.4 is 10.6 Å². The average Bonchev–Trinajstić information content (AvgIpc) is 2.75. The van der Waals surface area contributed by atoms with Gasteiger partial charge in [-0.25, -0.2) is 0 Å². The first-order valence-electron chi connectivity index (χ1n) is 6.63. The molecule has 2 N–H and O–H groups in total. The fourth-order valence-corrected chi connectivity index (χ4v) is 1.82. The van der Waals surface area contributed by atoms with Crippen LogP contribution >= 0.6 is 0 Å². The van der Waals surface area contributed by atoms with Crippen LogP contribution in [-0.2, 0) is 11.3 Å². The Morgan fingerprint density at radius 2 is 2.11 bits per heavy atom. The molecular formula is C14H25N3O. The molecule has 0 saturated heterocycles. The molecule has 18 heavy (non-hydrogen) atoms. The zero-order valence-corrected chi connectivity index (χ0v) is 11.9. The van der Waals surface area contributed by atoms with Crippen molar-refractivity contribution in [1.82, 2.24) is 15.2 Å². The molecule has 1 amide bonds. The van der Waals surface area contributed by atoms with Gasteiger partial charge in [0.2, 0.25) is 5.91 Å². The van der Waals surface area contributed by atoms with E-state index in [0.717, 1.165) is 18.7 Å². The van der Waals surface area contributed by atoms with Gasteiger partial charge in [0, 0.05) is 24.5 Å². The summed E-state index contributed by atoms with van der Waals surface area (Å²) in [5.74, 6) is 0.702. The van der Waals surface area contributed by atoms with Gasteiger partial charge in [-0.1, -0.05) is 13.8 Å². The van der Waals surface area contributed by atoms with Gasteiger partial charge in [-0.05, 0) is 38.4 Å². The van der Waals surface area contributed by atoms with Crippen LogP contribution in [0.4, 0.5) is 0 Å². The molecule has 0 fully saturated rings. The van der Waals surface area contributed by atoms with Gasteiger partial charge in [0.05, 0.1) is 0 Å². The average molecular weight is 251 g/mol. The van der Waals surface area contributed by atoms with Crippen molar-refractivity contribution in [3.05, 3.63) is 24.0 Å². The summed E-state index contributed by atoms with van der Waals surface area (Å²) in [7, 11) is 1.92. The van der Waals surface area contributed by atoms with Gasteiger partial charge >= 0.3 is 0 Å². The molecule has 0 radical (unpaired) electrons. The summed E-state index contributed by atoms with van der Waals surface area (Å²) in [6, 6.07) is 4.27. The zero-order chi connectivity index (χ0) is 13.5. The van der Waals surface area contributed by atoms with E-state index in [1.54, 1.807) is 0 Å². The molecule has 0 aliphatic rings. The smallest absolute Gasteiger partial charge is 0.239 e. The Balaban J connectivity index is 2.47. The standard InChI is InChI=1S/C14H25N3O/c1-11(2)7-8-16-14(18)10-17-9-5-6-13(17)12(3)15-4/h5-6,9,11-12,15H,7-8,10H2,1-4H3,(H,16,18). The van der Waals surface area contributed by atoms with E-state index in [9.17, 15) is 4.79 Å². The predicted molar refractivity (Wildman–Crippen MR) is 74.4 cm³/mol. The Morgan fingerprint density at radius 3 is 2.72 bits per heavy atom. The van der Waals surface area contributed by atoms with Crippen LogP contribution in [0.1, 0.15) is 38.9 Å². The Kier molecular flexibility index (Phi) is 5.92. The van der Waals surface area contributed by atoms with E-state index in [1.165, 1.54) is 0 Å². The number of nitrogens with zero attached hydrogens (tertiary/aromatic N) is 1. The molecule has 0 spiro atoms. The predicted octanol–water partition coefficient (Wildman–Crippen LogP) is 1.93. The van der Waals surface area contributed by atoms with E-state index >= 15 is 0 Å². The first-order valence-corrected chi connectivity index (χ1v) is 6.63. The van der Waals surface area contributed by atoms with Crippen molar-refractivity contribution in [3.63, 3.8) is 0 Å². The quantitative estimate of drug-likeness (QED) is 0.778. The number of carbonyl (C=O) groups is 1. The molecule has 1 unspecified atom stereocenters. The van der Waals surface area contributed by atoms with Crippen LogP contribution in [0.25, 0.3) is 0 Å². The van der Waals surface area contributed by atoms with Gasteiger partial charge in [0.15, 0.2) is 0 Å². The summed E-state index contributed by atoms with van der Waals surface area (Å²) >= 11 is 0. The molecule has 1 rings (SSSR count). The van der Waals surface area contributed by atoms with Gasteiger partial charge < -0.3 is 15.2 Å². The maximum atomic E-state index is 11.8. The number of nitrogens with one attached hydrogen (secondary N) is 2. The minimum atomic E-state index is 0.0800. The molecule has 102 valence electrons. The molecule has 1 aromatic heterocycles. The van der Waals surface area contributed by atoms with Crippen molar-refractivity contribution in [2.75, 3.05) is 13.6 Å². The lowest BCUT2D eigenvalue weighted by molar-refractivity contribution is -0.121. The number of hydrogen-bond acceptors (Lipinski definition) is 2. The highest BCUT2D eigenvalue weighted by atomic mass is 16.1. The SMILES string of the molecule is CNC(C)c1cccn1CC(=O)NCCC(C)C. The van der Waals surface area contributed by atoms with E-state index in [0.29, 0.717) is 12.5 Å². The zero-order valence-electron chi connectivity index (χ0n) is 11.9. The van der Waals surface area contributed by atoms with Crippen LogP contribution in [-0.4, -0.2) is 24.1 Å². The molecule has 1 aromatic rings. The second-order valence-electron chi connectivity index (χ2n) is 5.10. The third-order valence-corrected chi connectivity index (χ3v) is 3.10. The number of hydrogen-bond donors (Lipinski definition) is 2. The summed E-state index contributed by atoms with van der Waals surface area (Å²) in [5, 5.41) is 6.14. The van der Waals surface area contributed by atoms with E-state index in [2.05, 4.69) is 31.4 Å². The first kappa shape index (κ1) is 14.8. The third-order valence-electron chi connectivity index (χ3n) is 3.10. The van der Waals surface area contributed by atoms with Gasteiger partial charge in [-0.3, -0.25) is 4.79 Å². The number of amides is 1. The van der Waals surface area contributed by atoms with Gasteiger partial charge in [-0.2, -0.15) is 0 Å². The van der Waals surface area contributed by atoms with Crippen LogP contribution in [0.5, 0.6) is 0 Å². The van der Waals surface area contributed by atoms with E-state index in [4.69, 9.17) is 0 Å². The summed E-state index contributed by atoms with van der Waals surface area (Å²) in [6.45, 7) is 7.55. The molecule has 0 aliphatic heterocycles. The van der Waals surface area contributed by atoms with Crippen LogP contribution in [0, 0.1) is 5.92 Å². The molecule has 0 aromatic carbocycles. The molecule has 0 aliphatic carbocycles. The van der Waals surface area contributed by atoms with Crippen LogP contribution in [0.2, 0.25) is 0 Å². The van der Waals surface area contributed by atoms with Crippen molar-refractivity contribution >= 4 is 5.91 Å². The fraction of sp³-hybridized carbons (Fsp3) is 0.643. The maximum Gasteiger partial charge on any atom is 0.239 e. The van der Waals surface area contributed by atoms with Crippen molar-refractivity contribution in [3.8, 4) is 0 Å². The van der Waals surface area contributed by atoms with Gasteiger partial charge in [0.25, 0.3) is 0 Å². The lowest BCUT2D eigenvalue weighted by Gasteiger charge is -2.15. The second-order valence-corrected chi connectivity index (χ2v) is 5.10. The Bertz CT molecular complexity index is 371. The summed E-state index contributed by atoms with van der Waals surface area (Å²) in [5.41, 5.74) is 1.14. The van der Waals surface area contributed by atoms with Crippen molar-refractivity contribution in [1.29, 1.82) is 0 Å². The number of aromatic nitrogens is 1. The highest BCUT2D eigenvalue weighted by Crippen LogP contribution is 2.12. The Morgan fingerprint density at radius 1 is 1.39 bits per heavy atom. The molecule has 0 saturated carbocycles. The molecular weight excluding hydrogens is 226 g/mol. The molecule has 4 heteroatoms. The van der Waals surface area contributed by atoms with Crippen LogP contribution in [0.15, 0.2) is 18.3 Å². The second kappa shape index (κ2) is 7.21. The highest BCUT2D eigenvalue weighted by Gasteiger charge is 2.10. The van der Waals surface area contributed by atoms with Gasteiger partial charge in [0.1, 0.15) is 6.54 Å². The third kappa shape index (κ3) is 4.53. The minimum absolute atomic E-state index is 0.0800. The lowest BCUT2D eigenvalue weighted by atomic mass is 10.1. The van der Waals surface area contributed by atoms with Gasteiger partial charge in [-0.15, -0.1) is 0 Å². The highest BCUT2D eigenvalue weighted by molar-refractivity contribution is 5.75. The molecule has 1 atom stereocenters. The number of rotatable bonds is 7. The Labute approximate surface area is 110 Å². The fourth-order valence-electron chi connectivity index (χ4n) is 1.82. The molecule has 4 nitrogen and oxygen atoms in total. The van der Waals surface area contributed by atoms with E-state index in [1.807, 2.05) is 29.9 Å². The summed E-state index contributed by atoms with van der Waals surface area (Å²) in [6.07, 6.45) is 2.97. The topological polar surface area (TPSA) is 46.1 Å².